The third-order valence-electron chi connectivity index (χ3n) is 3.04. The van der Waals surface area contributed by atoms with Crippen LogP contribution in [-0.2, 0) is 18.2 Å². The van der Waals surface area contributed by atoms with Crippen molar-refractivity contribution >= 4 is 0 Å². The number of nitrogens with one attached hydrogen (secondary N) is 1. The molecule has 17 heavy (non-hydrogen) atoms. The zero-order chi connectivity index (χ0) is 12.9. The van der Waals surface area contributed by atoms with Gasteiger partial charge in [0.2, 0.25) is 0 Å². The third-order valence-corrected chi connectivity index (χ3v) is 3.04. The Morgan fingerprint density at radius 2 is 2.29 bits per heavy atom. The summed E-state index contributed by atoms with van der Waals surface area (Å²) in [5.74, 6) is 5.61. The molecule has 1 unspecified atom stereocenters. The lowest BCUT2D eigenvalue weighted by Crippen LogP contribution is -2.51. The first kappa shape index (κ1) is 14.2. The Morgan fingerprint density at radius 3 is 2.76 bits per heavy atom. The average molecular weight is 240 g/mol. The molecule has 1 heterocycles. The topological polar surface area (TPSA) is 65.1 Å². The molecule has 0 saturated heterocycles. The van der Waals surface area contributed by atoms with Crippen LogP contribution in [0.3, 0.4) is 0 Å². The maximum atomic E-state index is 5.71. The van der Waals surface area contributed by atoms with Gasteiger partial charge in [-0.2, -0.15) is 5.10 Å². The van der Waals surface area contributed by atoms with Gasteiger partial charge in [0.25, 0.3) is 0 Å². The van der Waals surface area contributed by atoms with Crippen LogP contribution >= 0.6 is 0 Å². The molecule has 0 aromatic carbocycles. The number of hydrazine groups is 1. The summed E-state index contributed by atoms with van der Waals surface area (Å²) < 4.78 is 7.53. The zero-order valence-electron chi connectivity index (χ0n) is 11.2. The summed E-state index contributed by atoms with van der Waals surface area (Å²) in [6, 6.07) is 0.127. The van der Waals surface area contributed by atoms with Crippen LogP contribution in [0.5, 0.6) is 0 Å². The fraction of sp³-hybridized carbons (Fsp3) is 0.750. The number of hydrogen-bond acceptors (Lipinski definition) is 4. The van der Waals surface area contributed by atoms with Crippen molar-refractivity contribution in [3.05, 3.63) is 18.0 Å². The van der Waals surface area contributed by atoms with Crippen molar-refractivity contribution < 1.29 is 4.74 Å². The predicted molar refractivity (Wildman–Crippen MR) is 68.3 cm³/mol. The van der Waals surface area contributed by atoms with Gasteiger partial charge in [0, 0.05) is 25.9 Å². The summed E-state index contributed by atoms with van der Waals surface area (Å²) in [4.78, 5) is 0. The van der Waals surface area contributed by atoms with E-state index in [9.17, 15) is 0 Å². The Hall–Kier alpha value is -0.910. The van der Waals surface area contributed by atoms with E-state index in [-0.39, 0.29) is 11.6 Å². The van der Waals surface area contributed by atoms with Crippen molar-refractivity contribution in [1.29, 1.82) is 0 Å². The molecule has 0 saturated carbocycles. The summed E-state index contributed by atoms with van der Waals surface area (Å²) in [6.45, 7) is 6.81. The van der Waals surface area contributed by atoms with Crippen molar-refractivity contribution in [1.82, 2.24) is 15.2 Å². The van der Waals surface area contributed by atoms with Crippen molar-refractivity contribution in [2.45, 2.75) is 45.3 Å². The van der Waals surface area contributed by atoms with E-state index in [2.05, 4.69) is 24.4 Å². The number of hydrogen-bond donors (Lipinski definition) is 2. The summed E-state index contributed by atoms with van der Waals surface area (Å²) >= 11 is 0. The van der Waals surface area contributed by atoms with Crippen LogP contribution in [0, 0.1) is 0 Å². The Morgan fingerprint density at radius 1 is 1.59 bits per heavy atom. The van der Waals surface area contributed by atoms with Crippen LogP contribution < -0.4 is 11.3 Å². The molecule has 0 fully saturated rings. The molecule has 3 N–H and O–H groups in total. The van der Waals surface area contributed by atoms with E-state index in [0.717, 1.165) is 12.8 Å². The quantitative estimate of drug-likeness (QED) is 0.551. The molecule has 0 aliphatic rings. The highest BCUT2D eigenvalue weighted by atomic mass is 16.5. The monoisotopic (exact) mass is 240 g/mol. The van der Waals surface area contributed by atoms with Crippen molar-refractivity contribution in [2.24, 2.45) is 12.9 Å². The van der Waals surface area contributed by atoms with Crippen LogP contribution in [0.15, 0.2) is 12.4 Å². The number of nitrogens with zero attached hydrogens (tertiary/aromatic N) is 2. The van der Waals surface area contributed by atoms with Crippen LogP contribution in [0.2, 0.25) is 0 Å². The first-order chi connectivity index (χ1) is 7.99. The molecule has 0 amide bonds. The second kappa shape index (κ2) is 6.14. The van der Waals surface area contributed by atoms with Crippen LogP contribution in [0.4, 0.5) is 0 Å². The van der Waals surface area contributed by atoms with Crippen molar-refractivity contribution in [3.8, 4) is 0 Å². The Labute approximate surface area is 103 Å². The van der Waals surface area contributed by atoms with E-state index in [4.69, 9.17) is 10.6 Å². The smallest absolute Gasteiger partial charge is 0.0792 e. The highest BCUT2D eigenvalue weighted by molar-refractivity contribution is 5.04. The molecule has 5 heteroatoms. The SMILES string of the molecule is CCOC(C)(C)C(CCc1cnn(C)c1)NN. The lowest BCUT2D eigenvalue weighted by Gasteiger charge is -2.33. The van der Waals surface area contributed by atoms with E-state index in [1.165, 1.54) is 5.56 Å². The molecule has 98 valence electrons. The van der Waals surface area contributed by atoms with Gasteiger partial charge >= 0.3 is 0 Å². The second-order valence-electron chi connectivity index (χ2n) is 4.82. The van der Waals surface area contributed by atoms with Gasteiger partial charge in [-0.15, -0.1) is 0 Å². The van der Waals surface area contributed by atoms with Crippen LogP contribution in [-0.4, -0.2) is 28.0 Å². The normalized spacial score (nSPS) is 13.9. The third kappa shape index (κ3) is 4.11. The van der Waals surface area contributed by atoms with Gasteiger partial charge in [0.1, 0.15) is 0 Å². The molecule has 0 bridgehead atoms. The molecule has 0 spiro atoms. The minimum atomic E-state index is -0.258. The maximum absolute atomic E-state index is 5.71. The van der Waals surface area contributed by atoms with Crippen LogP contribution in [0.25, 0.3) is 0 Å². The number of rotatable bonds is 7. The van der Waals surface area contributed by atoms with Gasteiger partial charge in [-0.1, -0.05) is 0 Å². The van der Waals surface area contributed by atoms with Gasteiger partial charge in [0.05, 0.1) is 11.8 Å². The van der Waals surface area contributed by atoms with Gasteiger partial charge in [0.15, 0.2) is 0 Å². The number of nitrogens with two attached hydrogens (primary N) is 1. The second-order valence-corrected chi connectivity index (χ2v) is 4.82. The summed E-state index contributed by atoms with van der Waals surface area (Å²) in [5.41, 5.74) is 3.82. The molecule has 0 radical (unpaired) electrons. The minimum Gasteiger partial charge on any atom is -0.374 e. The summed E-state index contributed by atoms with van der Waals surface area (Å²) in [6.07, 6.45) is 5.79. The Balaban J connectivity index is 2.52. The van der Waals surface area contributed by atoms with E-state index in [1.54, 1.807) is 0 Å². The molecule has 1 rings (SSSR count). The minimum absolute atomic E-state index is 0.127. The van der Waals surface area contributed by atoms with Crippen molar-refractivity contribution in [3.63, 3.8) is 0 Å². The number of aromatic nitrogens is 2. The van der Waals surface area contributed by atoms with Crippen molar-refractivity contribution in [2.75, 3.05) is 6.61 Å². The average Bonchev–Trinajstić information content (AvgIpc) is 2.64. The molecular weight excluding hydrogens is 216 g/mol. The highest BCUT2D eigenvalue weighted by Gasteiger charge is 2.28. The van der Waals surface area contributed by atoms with Gasteiger partial charge < -0.3 is 4.74 Å². The van der Waals surface area contributed by atoms with Gasteiger partial charge in [-0.3, -0.25) is 16.0 Å². The Kier molecular flexibility index (Phi) is 5.11. The molecule has 0 aliphatic heterocycles. The summed E-state index contributed by atoms with van der Waals surface area (Å²) in [7, 11) is 1.92. The Bertz CT molecular complexity index is 335. The molecule has 1 aromatic heterocycles. The molecule has 0 aliphatic carbocycles. The van der Waals surface area contributed by atoms with E-state index in [0.29, 0.717) is 6.61 Å². The number of aryl methyl sites for hydroxylation is 2. The van der Waals surface area contributed by atoms with E-state index in [1.807, 2.05) is 31.0 Å². The largest absolute Gasteiger partial charge is 0.374 e. The first-order valence-corrected chi connectivity index (χ1v) is 6.07. The molecule has 1 atom stereocenters. The fourth-order valence-electron chi connectivity index (χ4n) is 2.02. The number of ether oxygens (including phenoxy) is 1. The van der Waals surface area contributed by atoms with Crippen LogP contribution in [0.1, 0.15) is 32.8 Å². The first-order valence-electron chi connectivity index (χ1n) is 6.07. The standard InChI is InChI=1S/C12H24N4O/c1-5-17-12(2,3)11(15-13)7-6-10-8-14-16(4)9-10/h8-9,11,15H,5-7,13H2,1-4H3. The molecule has 1 aromatic rings. The highest BCUT2D eigenvalue weighted by Crippen LogP contribution is 2.18. The molecular formula is C12H24N4O. The van der Waals surface area contributed by atoms with E-state index < -0.39 is 0 Å². The zero-order valence-corrected chi connectivity index (χ0v) is 11.2. The lowest BCUT2D eigenvalue weighted by molar-refractivity contribution is -0.0400. The van der Waals surface area contributed by atoms with E-state index >= 15 is 0 Å². The lowest BCUT2D eigenvalue weighted by atomic mass is 9.93. The fourth-order valence-corrected chi connectivity index (χ4v) is 2.02. The molecule has 5 nitrogen and oxygen atoms in total. The summed E-state index contributed by atoms with van der Waals surface area (Å²) in [5, 5.41) is 4.15. The van der Waals surface area contributed by atoms with Gasteiger partial charge in [-0.25, -0.2) is 0 Å². The predicted octanol–water partition coefficient (Wildman–Crippen LogP) is 1.000. The van der Waals surface area contributed by atoms with Gasteiger partial charge in [-0.05, 0) is 39.2 Å². The maximum Gasteiger partial charge on any atom is 0.0792 e.